The SMILES string of the molecule is COC[C@H](NC(=O)c1c(C)cccc1-c1ccccc1)C(=O)O. The number of methoxy groups -OCH3 is 1. The highest BCUT2D eigenvalue weighted by Crippen LogP contribution is 2.26. The number of carboxylic acid groups (broad SMARTS) is 1. The lowest BCUT2D eigenvalue weighted by Crippen LogP contribution is -2.44. The van der Waals surface area contributed by atoms with E-state index in [9.17, 15) is 9.59 Å². The van der Waals surface area contributed by atoms with Crippen molar-refractivity contribution in [1.82, 2.24) is 5.32 Å². The number of carbonyl (C=O) groups excluding carboxylic acids is 1. The van der Waals surface area contributed by atoms with Gasteiger partial charge in [0.05, 0.1) is 12.2 Å². The maximum Gasteiger partial charge on any atom is 0.328 e. The summed E-state index contributed by atoms with van der Waals surface area (Å²) in [5.41, 5.74) is 2.93. The number of nitrogens with one attached hydrogen (secondary N) is 1. The summed E-state index contributed by atoms with van der Waals surface area (Å²) in [6, 6.07) is 14.0. The largest absolute Gasteiger partial charge is 0.480 e. The minimum Gasteiger partial charge on any atom is -0.480 e. The molecule has 2 rings (SSSR count). The smallest absolute Gasteiger partial charge is 0.328 e. The van der Waals surface area contributed by atoms with Crippen molar-refractivity contribution in [1.29, 1.82) is 0 Å². The molecule has 0 unspecified atom stereocenters. The lowest BCUT2D eigenvalue weighted by atomic mass is 9.95. The lowest BCUT2D eigenvalue weighted by molar-refractivity contribution is -0.140. The van der Waals surface area contributed by atoms with Crippen LogP contribution >= 0.6 is 0 Å². The Bertz CT molecular complexity index is 697. The van der Waals surface area contributed by atoms with Crippen LogP contribution in [-0.4, -0.2) is 36.7 Å². The summed E-state index contributed by atoms with van der Waals surface area (Å²) in [5.74, 6) is -1.55. The van der Waals surface area contributed by atoms with Crippen molar-refractivity contribution >= 4 is 11.9 Å². The average Bonchev–Trinajstić information content (AvgIpc) is 2.54. The molecule has 1 amide bonds. The van der Waals surface area contributed by atoms with Crippen molar-refractivity contribution in [2.75, 3.05) is 13.7 Å². The minimum absolute atomic E-state index is 0.0897. The van der Waals surface area contributed by atoms with E-state index < -0.39 is 17.9 Å². The summed E-state index contributed by atoms with van der Waals surface area (Å²) in [4.78, 5) is 23.8. The molecule has 0 saturated heterocycles. The maximum atomic E-state index is 12.6. The molecule has 2 N–H and O–H groups in total. The van der Waals surface area contributed by atoms with Crippen molar-refractivity contribution in [3.8, 4) is 11.1 Å². The quantitative estimate of drug-likeness (QED) is 0.859. The normalized spacial score (nSPS) is 11.7. The Morgan fingerprint density at radius 1 is 1.13 bits per heavy atom. The predicted molar refractivity (Wildman–Crippen MR) is 87.4 cm³/mol. The van der Waals surface area contributed by atoms with Crippen LogP contribution in [0.4, 0.5) is 0 Å². The highest BCUT2D eigenvalue weighted by atomic mass is 16.5. The van der Waals surface area contributed by atoms with Gasteiger partial charge in [-0.15, -0.1) is 0 Å². The number of ether oxygens (including phenoxy) is 1. The van der Waals surface area contributed by atoms with E-state index in [0.29, 0.717) is 5.56 Å². The molecule has 2 aromatic carbocycles. The molecule has 5 nitrogen and oxygen atoms in total. The van der Waals surface area contributed by atoms with E-state index in [-0.39, 0.29) is 6.61 Å². The third kappa shape index (κ3) is 3.96. The van der Waals surface area contributed by atoms with Gasteiger partial charge in [-0.3, -0.25) is 4.79 Å². The van der Waals surface area contributed by atoms with Crippen LogP contribution in [0.3, 0.4) is 0 Å². The van der Waals surface area contributed by atoms with E-state index >= 15 is 0 Å². The molecule has 0 bridgehead atoms. The third-order valence-corrected chi connectivity index (χ3v) is 3.52. The monoisotopic (exact) mass is 313 g/mol. The van der Waals surface area contributed by atoms with E-state index in [2.05, 4.69) is 5.32 Å². The number of carboxylic acids is 1. The summed E-state index contributed by atoms with van der Waals surface area (Å²) in [5, 5.41) is 11.7. The second-order valence-corrected chi connectivity index (χ2v) is 5.18. The Morgan fingerprint density at radius 3 is 2.43 bits per heavy atom. The number of hydrogen-bond acceptors (Lipinski definition) is 3. The Kier molecular flexibility index (Phi) is 5.49. The van der Waals surface area contributed by atoms with Gasteiger partial charge in [0.2, 0.25) is 0 Å². The predicted octanol–water partition coefficient (Wildman–Crippen LogP) is 2.49. The molecule has 2 aromatic rings. The maximum absolute atomic E-state index is 12.6. The zero-order valence-corrected chi connectivity index (χ0v) is 13.1. The fourth-order valence-corrected chi connectivity index (χ4v) is 2.40. The first-order chi connectivity index (χ1) is 11.0. The number of benzene rings is 2. The number of amides is 1. The zero-order valence-electron chi connectivity index (χ0n) is 13.1. The molecule has 0 radical (unpaired) electrons. The van der Waals surface area contributed by atoms with Crippen molar-refractivity contribution in [3.63, 3.8) is 0 Å². The van der Waals surface area contributed by atoms with E-state index in [4.69, 9.17) is 9.84 Å². The van der Waals surface area contributed by atoms with Crippen molar-refractivity contribution in [3.05, 3.63) is 59.7 Å². The Hall–Kier alpha value is -2.66. The van der Waals surface area contributed by atoms with E-state index in [1.54, 1.807) is 0 Å². The van der Waals surface area contributed by atoms with Crippen molar-refractivity contribution in [2.24, 2.45) is 0 Å². The second kappa shape index (κ2) is 7.56. The van der Waals surface area contributed by atoms with Gasteiger partial charge in [0.25, 0.3) is 5.91 Å². The molecule has 120 valence electrons. The van der Waals surface area contributed by atoms with Crippen LogP contribution in [0.25, 0.3) is 11.1 Å². The van der Waals surface area contributed by atoms with E-state index in [1.165, 1.54) is 7.11 Å². The van der Waals surface area contributed by atoms with Crippen LogP contribution in [0.1, 0.15) is 15.9 Å². The first-order valence-electron chi connectivity index (χ1n) is 7.22. The van der Waals surface area contributed by atoms with Gasteiger partial charge in [-0.25, -0.2) is 4.79 Å². The molecule has 0 aromatic heterocycles. The molecule has 5 heteroatoms. The summed E-state index contributed by atoms with van der Waals surface area (Å²) < 4.78 is 4.85. The van der Waals surface area contributed by atoms with Gasteiger partial charge in [-0.2, -0.15) is 0 Å². The van der Waals surface area contributed by atoms with Crippen LogP contribution < -0.4 is 5.32 Å². The lowest BCUT2D eigenvalue weighted by Gasteiger charge is -2.17. The number of rotatable bonds is 6. The van der Waals surface area contributed by atoms with Gasteiger partial charge < -0.3 is 15.2 Å². The third-order valence-electron chi connectivity index (χ3n) is 3.52. The molecule has 0 fully saturated rings. The number of hydrogen-bond donors (Lipinski definition) is 2. The van der Waals surface area contributed by atoms with Crippen LogP contribution in [0, 0.1) is 6.92 Å². The standard InChI is InChI=1S/C18H19NO4/c1-12-7-6-10-14(13-8-4-3-5-9-13)16(12)17(20)19-15(11-23-2)18(21)22/h3-10,15H,11H2,1-2H3,(H,19,20)(H,21,22)/t15-/m0/s1. The molecule has 0 spiro atoms. The highest BCUT2D eigenvalue weighted by Gasteiger charge is 2.23. The van der Waals surface area contributed by atoms with Crippen LogP contribution in [-0.2, 0) is 9.53 Å². The topological polar surface area (TPSA) is 75.6 Å². The fraction of sp³-hybridized carbons (Fsp3) is 0.222. The van der Waals surface area contributed by atoms with Gasteiger partial charge in [-0.05, 0) is 23.6 Å². The van der Waals surface area contributed by atoms with E-state index in [1.807, 2.05) is 55.5 Å². The molecular formula is C18H19NO4. The summed E-state index contributed by atoms with van der Waals surface area (Å²) in [6.45, 7) is 1.74. The summed E-state index contributed by atoms with van der Waals surface area (Å²) >= 11 is 0. The molecule has 0 aliphatic rings. The Labute approximate surface area is 134 Å². The van der Waals surface area contributed by atoms with Crippen LogP contribution in [0.5, 0.6) is 0 Å². The molecule has 0 heterocycles. The minimum atomic E-state index is -1.13. The van der Waals surface area contributed by atoms with Gasteiger partial charge in [0, 0.05) is 7.11 Å². The van der Waals surface area contributed by atoms with Crippen molar-refractivity contribution in [2.45, 2.75) is 13.0 Å². The first kappa shape index (κ1) is 16.7. The van der Waals surface area contributed by atoms with Crippen LogP contribution in [0.2, 0.25) is 0 Å². The number of aryl methyl sites for hydroxylation is 1. The number of aliphatic carboxylic acids is 1. The molecule has 0 aliphatic heterocycles. The Morgan fingerprint density at radius 2 is 1.83 bits per heavy atom. The van der Waals surface area contributed by atoms with Gasteiger partial charge in [0.1, 0.15) is 0 Å². The van der Waals surface area contributed by atoms with E-state index in [0.717, 1.165) is 16.7 Å². The molecular weight excluding hydrogens is 294 g/mol. The summed E-state index contributed by atoms with van der Waals surface area (Å²) in [7, 11) is 1.39. The van der Waals surface area contributed by atoms with Crippen LogP contribution in [0.15, 0.2) is 48.5 Å². The van der Waals surface area contributed by atoms with Gasteiger partial charge in [0.15, 0.2) is 6.04 Å². The molecule has 0 aliphatic carbocycles. The highest BCUT2D eigenvalue weighted by molar-refractivity contribution is 6.03. The van der Waals surface area contributed by atoms with Gasteiger partial charge >= 0.3 is 5.97 Å². The van der Waals surface area contributed by atoms with Crippen molar-refractivity contribution < 1.29 is 19.4 Å². The Balaban J connectivity index is 2.39. The number of carbonyl (C=O) groups is 2. The molecule has 0 saturated carbocycles. The summed E-state index contributed by atoms with van der Waals surface area (Å²) in [6.07, 6.45) is 0. The fourth-order valence-electron chi connectivity index (χ4n) is 2.40. The zero-order chi connectivity index (χ0) is 16.8. The second-order valence-electron chi connectivity index (χ2n) is 5.18. The first-order valence-corrected chi connectivity index (χ1v) is 7.22. The molecule has 1 atom stereocenters. The molecule has 23 heavy (non-hydrogen) atoms. The average molecular weight is 313 g/mol. The van der Waals surface area contributed by atoms with Gasteiger partial charge in [-0.1, -0.05) is 48.5 Å².